The molecule has 0 bridgehead atoms. The molecule has 160 valence electrons. The van der Waals surface area contributed by atoms with Gasteiger partial charge in [0.2, 0.25) is 5.91 Å². The van der Waals surface area contributed by atoms with Gasteiger partial charge in [0.15, 0.2) is 0 Å². The average Bonchev–Trinajstić information content (AvgIpc) is 2.93. The minimum Gasteiger partial charge on any atom is -0.406 e. The van der Waals surface area contributed by atoms with Crippen LogP contribution in [0.15, 0.2) is 58.4 Å². The van der Waals surface area contributed by atoms with Gasteiger partial charge in [0.05, 0.1) is 11.4 Å². The minimum absolute atomic E-state index is 0.0408. The van der Waals surface area contributed by atoms with Crippen molar-refractivity contribution in [1.82, 2.24) is 9.62 Å². The average molecular weight is 441 g/mol. The number of hydrogen-bond donors (Lipinski definition) is 1. The summed E-state index contributed by atoms with van der Waals surface area (Å²) in [5.74, 6) is -0.388. The number of amidine groups is 1. The highest BCUT2D eigenvalue weighted by atomic mass is 32.2. The number of rotatable bonds is 6. The third kappa shape index (κ3) is 5.29. The molecule has 0 saturated carbocycles. The Hall–Kier alpha value is -3.08. The van der Waals surface area contributed by atoms with E-state index in [1.807, 2.05) is 0 Å². The fraction of sp³-hybridized carbons (Fsp3) is 0.263. The van der Waals surface area contributed by atoms with E-state index < -0.39 is 16.4 Å². The van der Waals surface area contributed by atoms with Crippen LogP contribution < -0.4 is 9.46 Å². The number of ether oxygens (including phenoxy) is 1. The lowest BCUT2D eigenvalue weighted by molar-refractivity contribution is -0.274. The number of nitrogens with one attached hydrogen (secondary N) is 1. The summed E-state index contributed by atoms with van der Waals surface area (Å²) in [7, 11) is -2.08. The van der Waals surface area contributed by atoms with Crippen molar-refractivity contribution in [2.45, 2.75) is 24.2 Å². The zero-order valence-corrected chi connectivity index (χ0v) is 16.6. The number of carbonyl (C=O) groups is 1. The first-order chi connectivity index (χ1) is 14.0. The van der Waals surface area contributed by atoms with Crippen molar-refractivity contribution in [2.24, 2.45) is 4.99 Å². The molecule has 0 fully saturated rings. The molecule has 0 atom stereocenters. The Labute approximate surface area is 171 Å². The van der Waals surface area contributed by atoms with Crippen LogP contribution >= 0.6 is 0 Å². The van der Waals surface area contributed by atoms with Gasteiger partial charge in [0, 0.05) is 25.6 Å². The number of aliphatic imine (C=N–C) groups is 1. The lowest BCUT2D eigenvalue weighted by Gasteiger charge is -2.17. The van der Waals surface area contributed by atoms with Crippen molar-refractivity contribution in [2.75, 3.05) is 13.6 Å². The molecule has 0 saturated heterocycles. The maximum Gasteiger partial charge on any atom is 0.573 e. The van der Waals surface area contributed by atoms with Crippen LogP contribution in [0.5, 0.6) is 5.75 Å². The Balaban J connectivity index is 1.55. The normalized spacial score (nSPS) is 16.1. The summed E-state index contributed by atoms with van der Waals surface area (Å²) in [5.41, 5.74) is 1.09. The SMILES string of the molecule is CN(Cc1ccc(OC(F)(F)F)cc1)C(=O)CCN=C1NS(=O)(=O)c2ccccc21. The molecule has 1 amide bonds. The molecule has 30 heavy (non-hydrogen) atoms. The molecule has 1 N–H and O–H groups in total. The van der Waals surface area contributed by atoms with E-state index in [1.54, 1.807) is 25.2 Å². The van der Waals surface area contributed by atoms with E-state index in [1.165, 1.54) is 35.2 Å². The van der Waals surface area contributed by atoms with Crippen LogP contribution in [0, 0.1) is 0 Å². The van der Waals surface area contributed by atoms with Crippen molar-refractivity contribution in [3.05, 3.63) is 59.7 Å². The summed E-state index contributed by atoms with van der Waals surface area (Å²) in [4.78, 5) is 18.0. The Morgan fingerprint density at radius 1 is 1.13 bits per heavy atom. The molecule has 0 spiro atoms. The maximum atomic E-state index is 12.3. The Kier molecular flexibility index (Phi) is 6.01. The molecule has 2 aromatic rings. The van der Waals surface area contributed by atoms with Gasteiger partial charge in [-0.2, -0.15) is 0 Å². The van der Waals surface area contributed by atoms with Gasteiger partial charge >= 0.3 is 6.36 Å². The Bertz CT molecular complexity index is 1070. The fourth-order valence-electron chi connectivity index (χ4n) is 2.86. The first-order valence-electron chi connectivity index (χ1n) is 8.80. The lowest BCUT2D eigenvalue weighted by atomic mass is 10.2. The van der Waals surface area contributed by atoms with Crippen molar-refractivity contribution in [1.29, 1.82) is 0 Å². The van der Waals surface area contributed by atoms with Gasteiger partial charge < -0.3 is 9.64 Å². The quantitative estimate of drug-likeness (QED) is 0.747. The molecule has 1 aliphatic heterocycles. The molecule has 7 nitrogen and oxygen atoms in total. The van der Waals surface area contributed by atoms with Crippen LogP contribution in [-0.2, 0) is 21.4 Å². The topological polar surface area (TPSA) is 88.1 Å². The monoisotopic (exact) mass is 441 g/mol. The Morgan fingerprint density at radius 3 is 2.47 bits per heavy atom. The summed E-state index contributed by atoms with van der Waals surface area (Å²) in [6, 6.07) is 11.6. The summed E-state index contributed by atoms with van der Waals surface area (Å²) >= 11 is 0. The summed E-state index contributed by atoms with van der Waals surface area (Å²) in [5, 5.41) is 0. The number of carbonyl (C=O) groups excluding carboxylic acids is 1. The molecular weight excluding hydrogens is 423 g/mol. The number of nitrogens with zero attached hydrogens (tertiary/aromatic N) is 2. The van der Waals surface area contributed by atoms with Crippen LogP contribution in [0.2, 0.25) is 0 Å². The van der Waals surface area contributed by atoms with Gasteiger partial charge in [-0.15, -0.1) is 13.2 Å². The maximum absolute atomic E-state index is 12.3. The Morgan fingerprint density at radius 2 is 1.80 bits per heavy atom. The number of sulfonamides is 1. The van der Waals surface area contributed by atoms with Crippen molar-refractivity contribution < 1.29 is 31.1 Å². The van der Waals surface area contributed by atoms with E-state index in [0.717, 1.165) is 0 Å². The molecule has 1 heterocycles. The number of alkyl halides is 3. The van der Waals surface area contributed by atoms with E-state index in [-0.39, 0.29) is 41.9 Å². The second-order valence-electron chi connectivity index (χ2n) is 6.52. The molecule has 1 aliphatic rings. The van der Waals surface area contributed by atoms with Gasteiger partial charge in [0.25, 0.3) is 10.0 Å². The smallest absolute Gasteiger partial charge is 0.406 e. The van der Waals surface area contributed by atoms with Gasteiger partial charge in [-0.1, -0.05) is 24.3 Å². The summed E-state index contributed by atoms with van der Waals surface area (Å²) < 4.78 is 66.8. The standard InChI is InChI=1S/C19H18F3N3O4S/c1-25(12-13-6-8-14(9-7-13)29-19(20,21)22)17(26)10-11-23-18-15-4-2-3-5-16(15)30(27,28)24-18/h2-9H,10-12H2,1H3,(H,23,24). The molecule has 11 heteroatoms. The molecule has 0 aromatic heterocycles. The molecule has 0 unspecified atom stereocenters. The lowest BCUT2D eigenvalue weighted by Crippen LogP contribution is -2.27. The van der Waals surface area contributed by atoms with Gasteiger partial charge in [-0.25, -0.2) is 8.42 Å². The number of hydrogen-bond acceptors (Lipinski definition) is 5. The molecular formula is C19H18F3N3O4S. The predicted molar refractivity (Wildman–Crippen MR) is 102 cm³/mol. The fourth-order valence-corrected chi connectivity index (χ4v) is 4.12. The first kappa shape index (κ1) is 21.6. The predicted octanol–water partition coefficient (Wildman–Crippen LogP) is 2.67. The molecule has 0 aliphatic carbocycles. The zero-order chi connectivity index (χ0) is 21.9. The van der Waals surface area contributed by atoms with E-state index >= 15 is 0 Å². The summed E-state index contributed by atoms with van der Waals surface area (Å²) in [6.45, 7) is 0.269. The highest BCUT2D eigenvalue weighted by Gasteiger charge is 2.31. The number of amides is 1. The third-order valence-electron chi connectivity index (χ3n) is 4.26. The summed E-state index contributed by atoms with van der Waals surface area (Å²) in [6.07, 6.45) is -4.72. The van der Waals surface area contributed by atoms with Crippen molar-refractivity contribution >= 4 is 21.8 Å². The van der Waals surface area contributed by atoms with Crippen LogP contribution in [0.4, 0.5) is 13.2 Å². The number of fused-ring (bicyclic) bond motifs is 1. The molecule has 0 radical (unpaired) electrons. The van der Waals surface area contributed by atoms with E-state index in [9.17, 15) is 26.4 Å². The van der Waals surface area contributed by atoms with Gasteiger partial charge in [-0.05, 0) is 29.8 Å². The first-order valence-corrected chi connectivity index (χ1v) is 10.3. The third-order valence-corrected chi connectivity index (χ3v) is 5.66. The van der Waals surface area contributed by atoms with Crippen LogP contribution in [0.3, 0.4) is 0 Å². The number of halogens is 3. The zero-order valence-electron chi connectivity index (χ0n) is 15.8. The van der Waals surface area contributed by atoms with E-state index in [0.29, 0.717) is 11.1 Å². The van der Waals surface area contributed by atoms with Crippen LogP contribution in [0.25, 0.3) is 0 Å². The molecule has 2 aromatic carbocycles. The minimum atomic E-state index is -4.76. The van der Waals surface area contributed by atoms with Gasteiger partial charge in [-0.3, -0.25) is 14.5 Å². The van der Waals surface area contributed by atoms with Crippen LogP contribution in [-0.4, -0.2) is 45.0 Å². The van der Waals surface area contributed by atoms with Crippen LogP contribution in [0.1, 0.15) is 17.5 Å². The highest BCUT2D eigenvalue weighted by molar-refractivity contribution is 7.90. The molecule has 3 rings (SSSR count). The highest BCUT2D eigenvalue weighted by Crippen LogP contribution is 2.23. The number of benzene rings is 2. The van der Waals surface area contributed by atoms with Crippen molar-refractivity contribution in [3.8, 4) is 5.75 Å². The van der Waals surface area contributed by atoms with Gasteiger partial charge in [0.1, 0.15) is 11.6 Å². The second-order valence-corrected chi connectivity index (χ2v) is 8.17. The second kappa shape index (κ2) is 8.34. The largest absolute Gasteiger partial charge is 0.573 e. The van der Waals surface area contributed by atoms with E-state index in [2.05, 4.69) is 14.5 Å². The van der Waals surface area contributed by atoms with Crippen molar-refractivity contribution in [3.63, 3.8) is 0 Å². The van der Waals surface area contributed by atoms with E-state index in [4.69, 9.17) is 0 Å².